The molecule has 0 atom stereocenters. The molecule has 0 aliphatic heterocycles. The van der Waals surface area contributed by atoms with Gasteiger partial charge in [-0.15, -0.1) is 0 Å². The Morgan fingerprint density at radius 3 is 3.00 bits per heavy atom. The van der Waals surface area contributed by atoms with Crippen molar-refractivity contribution in [1.29, 1.82) is 0 Å². The third-order valence-electron chi connectivity index (χ3n) is 3.46. The van der Waals surface area contributed by atoms with E-state index in [0.29, 0.717) is 6.42 Å². The summed E-state index contributed by atoms with van der Waals surface area (Å²) in [5.41, 5.74) is 3.87. The maximum atomic E-state index is 10.7. The fourth-order valence-corrected chi connectivity index (χ4v) is 2.51. The standard InChI is InChI=1S/C15H15N3O2/c1-18-8-11(10-4-2-3-5-13(10)18)15-12(16-9-17-15)6-7-14(19)20/h2-5,8-9H,6-7H2,1H3,(H,16,17)(H,19,20). The quantitative estimate of drug-likeness (QED) is 0.764. The van der Waals surface area contributed by atoms with Crippen LogP contribution in [0.1, 0.15) is 12.1 Å². The maximum Gasteiger partial charge on any atom is 0.303 e. The first kappa shape index (κ1) is 12.5. The second kappa shape index (κ2) is 4.85. The number of para-hydroxylation sites is 1. The largest absolute Gasteiger partial charge is 0.481 e. The highest BCUT2D eigenvalue weighted by Crippen LogP contribution is 2.30. The number of aromatic nitrogens is 3. The molecule has 2 N–H and O–H groups in total. The number of nitrogens with zero attached hydrogens (tertiary/aromatic N) is 2. The third kappa shape index (κ3) is 2.07. The predicted octanol–water partition coefficient (Wildman–Crippen LogP) is 2.59. The first-order chi connectivity index (χ1) is 9.66. The Morgan fingerprint density at radius 1 is 1.40 bits per heavy atom. The van der Waals surface area contributed by atoms with Crippen molar-refractivity contribution in [2.75, 3.05) is 0 Å². The normalized spacial score (nSPS) is 11.1. The lowest BCUT2D eigenvalue weighted by molar-refractivity contribution is -0.136. The van der Waals surface area contributed by atoms with E-state index in [1.165, 1.54) is 0 Å². The Balaban J connectivity index is 2.08. The third-order valence-corrected chi connectivity index (χ3v) is 3.46. The van der Waals surface area contributed by atoms with E-state index in [0.717, 1.165) is 27.9 Å². The van der Waals surface area contributed by atoms with Crippen LogP contribution in [-0.4, -0.2) is 25.6 Å². The van der Waals surface area contributed by atoms with E-state index in [2.05, 4.69) is 26.7 Å². The minimum Gasteiger partial charge on any atom is -0.481 e. The number of rotatable bonds is 4. The van der Waals surface area contributed by atoms with Crippen LogP contribution < -0.4 is 0 Å². The van der Waals surface area contributed by atoms with Gasteiger partial charge in [-0.3, -0.25) is 4.79 Å². The number of benzene rings is 1. The number of carbonyl (C=O) groups is 1. The molecule has 0 amide bonds. The minimum atomic E-state index is -0.802. The predicted molar refractivity (Wildman–Crippen MR) is 76.5 cm³/mol. The number of H-pyrrole nitrogens is 1. The van der Waals surface area contributed by atoms with E-state index < -0.39 is 5.97 Å². The second-order valence-corrected chi connectivity index (χ2v) is 4.79. The minimum absolute atomic E-state index is 0.0972. The molecule has 5 heteroatoms. The zero-order valence-electron chi connectivity index (χ0n) is 11.1. The summed E-state index contributed by atoms with van der Waals surface area (Å²) in [6, 6.07) is 8.11. The monoisotopic (exact) mass is 269 g/mol. The Kier molecular flexibility index (Phi) is 3.02. The average molecular weight is 269 g/mol. The lowest BCUT2D eigenvalue weighted by atomic mass is 10.1. The molecule has 0 aliphatic carbocycles. The topological polar surface area (TPSA) is 70.9 Å². The summed E-state index contributed by atoms with van der Waals surface area (Å²) in [4.78, 5) is 18.1. The van der Waals surface area contributed by atoms with Crippen LogP contribution >= 0.6 is 0 Å². The van der Waals surface area contributed by atoms with Gasteiger partial charge in [-0.1, -0.05) is 18.2 Å². The van der Waals surface area contributed by atoms with E-state index in [-0.39, 0.29) is 6.42 Å². The van der Waals surface area contributed by atoms with Crippen molar-refractivity contribution < 1.29 is 9.90 Å². The fourth-order valence-electron chi connectivity index (χ4n) is 2.51. The number of imidazole rings is 1. The molecule has 5 nitrogen and oxygen atoms in total. The average Bonchev–Trinajstić information content (AvgIpc) is 3.01. The Bertz CT molecular complexity index is 770. The Hall–Kier alpha value is -2.56. The molecule has 102 valence electrons. The number of fused-ring (bicyclic) bond motifs is 1. The van der Waals surface area contributed by atoms with Crippen molar-refractivity contribution in [3.05, 3.63) is 42.5 Å². The molecular weight excluding hydrogens is 254 g/mol. The van der Waals surface area contributed by atoms with Gasteiger partial charge in [0.2, 0.25) is 0 Å². The lowest BCUT2D eigenvalue weighted by Crippen LogP contribution is -1.98. The summed E-state index contributed by atoms with van der Waals surface area (Å²) in [5.74, 6) is -0.802. The van der Waals surface area contributed by atoms with Crippen LogP contribution in [0.3, 0.4) is 0 Å². The van der Waals surface area contributed by atoms with Crippen LogP contribution in [0.4, 0.5) is 0 Å². The van der Waals surface area contributed by atoms with Crippen LogP contribution in [0.25, 0.3) is 22.2 Å². The Morgan fingerprint density at radius 2 is 2.20 bits per heavy atom. The van der Waals surface area contributed by atoms with Gasteiger partial charge < -0.3 is 14.7 Å². The molecule has 2 heterocycles. The molecule has 0 spiro atoms. The van der Waals surface area contributed by atoms with E-state index in [1.54, 1.807) is 6.33 Å². The van der Waals surface area contributed by atoms with Gasteiger partial charge >= 0.3 is 5.97 Å². The van der Waals surface area contributed by atoms with E-state index in [4.69, 9.17) is 5.11 Å². The van der Waals surface area contributed by atoms with Crippen LogP contribution in [0.15, 0.2) is 36.8 Å². The van der Waals surface area contributed by atoms with Gasteiger partial charge in [-0.05, 0) is 6.07 Å². The van der Waals surface area contributed by atoms with Crippen LogP contribution in [-0.2, 0) is 18.3 Å². The number of hydrogen-bond donors (Lipinski definition) is 2. The zero-order valence-corrected chi connectivity index (χ0v) is 11.1. The summed E-state index contributed by atoms with van der Waals surface area (Å²) in [5, 5.41) is 9.93. The number of aromatic amines is 1. The second-order valence-electron chi connectivity index (χ2n) is 4.79. The van der Waals surface area contributed by atoms with Crippen LogP contribution in [0.5, 0.6) is 0 Å². The van der Waals surface area contributed by atoms with E-state index >= 15 is 0 Å². The van der Waals surface area contributed by atoms with Crippen molar-refractivity contribution in [2.24, 2.45) is 7.05 Å². The molecule has 0 saturated carbocycles. The number of hydrogen-bond acceptors (Lipinski definition) is 2. The summed E-state index contributed by atoms with van der Waals surface area (Å²) in [7, 11) is 2.00. The molecule has 3 aromatic rings. The first-order valence-corrected chi connectivity index (χ1v) is 6.45. The molecule has 1 aromatic carbocycles. The van der Waals surface area contributed by atoms with Crippen molar-refractivity contribution in [2.45, 2.75) is 12.8 Å². The van der Waals surface area contributed by atoms with Crippen molar-refractivity contribution in [3.63, 3.8) is 0 Å². The number of carboxylic acids is 1. The Labute approximate surface area is 115 Å². The number of carboxylic acid groups (broad SMARTS) is 1. The summed E-state index contributed by atoms with van der Waals surface area (Å²) in [6.45, 7) is 0. The summed E-state index contributed by atoms with van der Waals surface area (Å²) < 4.78 is 2.06. The van der Waals surface area contributed by atoms with Gasteiger partial charge in [0.25, 0.3) is 0 Å². The molecule has 2 aromatic heterocycles. The highest BCUT2D eigenvalue weighted by Gasteiger charge is 2.14. The highest BCUT2D eigenvalue weighted by atomic mass is 16.4. The van der Waals surface area contributed by atoms with Gasteiger partial charge in [-0.2, -0.15) is 0 Å². The smallest absolute Gasteiger partial charge is 0.303 e. The van der Waals surface area contributed by atoms with E-state index in [1.807, 2.05) is 25.4 Å². The molecule has 0 fully saturated rings. The SMILES string of the molecule is Cn1cc(-c2nc[nH]c2CCC(=O)O)c2ccccc21. The van der Waals surface area contributed by atoms with Gasteiger partial charge in [-0.25, -0.2) is 4.98 Å². The van der Waals surface area contributed by atoms with Gasteiger partial charge in [0.1, 0.15) is 0 Å². The molecule has 0 saturated heterocycles. The van der Waals surface area contributed by atoms with Gasteiger partial charge in [0.15, 0.2) is 0 Å². The number of aryl methyl sites for hydroxylation is 2. The highest BCUT2D eigenvalue weighted by molar-refractivity contribution is 5.95. The molecule has 3 rings (SSSR count). The molecule has 0 bridgehead atoms. The van der Waals surface area contributed by atoms with E-state index in [9.17, 15) is 4.79 Å². The van der Waals surface area contributed by atoms with Gasteiger partial charge in [0.05, 0.1) is 18.4 Å². The fraction of sp³-hybridized carbons (Fsp3) is 0.200. The molecule has 0 aliphatic rings. The first-order valence-electron chi connectivity index (χ1n) is 6.45. The van der Waals surface area contributed by atoms with Crippen molar-refractivity contribution in [1.82, 2.24) is 14.5 Å². The number of nitrogens with one attached hydrogen (secondary N) is 1. The molecular formula is C15H15N3O2. The van der Waals surface area contributed by atoms with Crippen molar-refractivity contribution in [3.8, 4) is 11.3 Å². The molecule has 0 radical (unpaired) electrons. The lowest BCUT2D eigenvalue weighted by Gasteiger charge is -2.00. The zero-order chi connectivity index (χ0) is 14.1. The maximum absolute atomic E-state index is 10.7. The van der Waals surface area contributed by atoms with Crippen LogP contribution in [0, 0.1) is 0 Å². The number of aliphatic carboxylic acids is 1. The molecule has 20 heavy (non-hydrogen) atoms. The van der Waals surface area contributed by atoms with Crippen molar-refractivity contribution >= 4 is 16.9 Å². The van der Waals surface area contributed by atoms with Gasteiger partial charge in [0, 0.05) is 41.8 Å². The summed E-state index contributed by atoms with van der Waals surface area (Å²) >= 11 is 0. The molecule has 0 unspecified atom stereocenters. The summed E-state index contributed by atoms with van der Waals surface area (Å²) in [6.07, 6.45) is 4.20. The van der Waals surface area contributed by atoms with Crippen LogP contribution in [0.2, 0.25) is 0 Å².